The van der Waals surface area contributed by atoms with Crippen LogP contribution in [0.25, 0.3) is 0 Å². The first kappa shape index (κ1) is 15.9. The fourth-order valence-electron chi connectivity index (χ4n) is 0. The summed E-state index contributed by atoms with van der Waals surface area (Å²) in [4.78, 5) is 9.47. The molecule has 44 valence electrons. The van der Waals surface area contributed by atoms with Crippen LogP contribution in [0.3, 0.4) is 0 Å². The van der Waals surface area contributed by atoms with E-state index in [0.717, 1.165) is 6.08 Å². The smallest absolute Gasteiger partial charge is 0.240 e. The Bertz CT molecular complexity index is 64.0. The van der Waals surface area contributed by atoms with Crippen LogP contribution in [-0.4, -0.2) is 5.91 Å². The summed E-state index contributed by atoms with van der Waals surface area (Å²) in [5, 5.41) is 0. The largest absolute Gasteiger partial charge is 1.00 e. The lowest BCUT2D eigenvalue weighted by Gasteiger charge is -1.65. The number of hydrogen-bond donors (Lipinski definition) is 2. The predicted molar refractivity (Wildman–Crippen MR) is 25.4 cm³/mol. The summed E-state index contributed by atoms with van der Waals surface area (Å²) in [5.41, 5.74) is 4.53. The fourth-order valence-corrected chi connectivity index (χ4v) is 0. The maximum absolute atomic E-state index is 9.47. The Morgan fingerprint density at radius 1 is 1.71 bits per heavy atom. The van der Waals surface area contributed by atoms with E-state index in [2.05, 4.69) is 12.3 Å². The van der Waals surface area contributed by atoms with Crippen LogP contribution in [0.5, 0.6) is 0 Å². The molecule has 3 nitrogen and oxygen atoms in total. The zero-order valence-corrected chi connectivity index (χ0v) is 5.73. The van der Waals surface area contributed by atoms with Crippen LogP contribution in [0.4, 0.5) is 0 Å². The average molecular weight is 169 g/mol. The van der Waals surface area contributed by atoms with E-state index in [1.165, 1.54) is 0 Å². The van der Waals surface area contributed by atoms with Crippen molar-refractivity contribution in [3.8, 4) is 0 Å². The molecule has 0 rings (SSSR count). The van der Waals surface area contributed by atoms with Crippen molar-refractivity contribution in [2.75, 3.05) is 0 Å². The molecule has 0 heterocycles. The van der Waals surface area contributed by atoms with Crippen molar-refractivity contribution < 1.29 is 21.8 Å². The highest BCUT2D eigenvalue weighted by Gasteiger charge is 1.69. The van der Waals surface area contributed by atoms with Crippen LogP contribution in [0, 0.1) is 0 Å². The van der Waals surface area contributed by atoms with Gasteiger partial charge in [0.25, 0.3) is 0 Å². The Morgan fingerprint density at radius 2 is 1.86 bits per heavy atom. The van der Waals surface area contributed by atoms with Gasteiger partial charge in [0.05, 0.1) is 0 Å². The highest BCUT2D eigenvalue weighted by Crippen LogP contribution is 1.48. The monoisotopic (exact) mass is 168 g/mol. The van der Waals surface area contributed by atoms with Gasteiger partial charge >= 0.3 is 0 Å². The van der Waals surface area contributed by atoms with Crippen LogP contribution in [0.1, 0.15) is 0 Å². The summed E-state index contributed by atoms with van der Waals surface area (Å²) in [6.07, 6.45) is 1.06. The first-order chi connectivity index (χ1) is 2.27. The second-order valence-corrected chi connectivity index (χ2v) is 0.606. The normalized spacial score (nSPS) is 4.57. The summed E-state index contributed by atoms with van der Waals surface area (Å²) in [7, 11) is 0. The third kappa shape index (κ3) is 27.6. The molecule has 4 heteroatoms. The third-order valence-corrected chi connectivity index (χ3v) is 0.201. The van der Waals surface area contributed by atoms with Crippen molar-refractivity contribution in [3.63, 3.8) is 0 Å². The van der Waals surface area contributed by atoms with Gasteiger partial charge in [-0.1, -0.05) is 6.58 Å². The van der Waals surface area contributed by atoms with Crippen molar-refractivity contribution in [2.24, 2.45) is 5.73 Å². The van der Waals surface area contributed by atoms with E-state index in [9.17, 15) is 4.79 Å². The van der Waals surface area contributed by atoms with Crippen molar-refractivity contribution in [2.45, 2.75) is 0 Å². The van der Waals surface area contributed by atoms with Gasteiger partial charge in [0.15, 0.2) is 0 Å². The third-order valence-electron chi connectivity index (χ3n) is 0.201. The summed E-state index contributed by atoms with van der Waals surface area (Å²) >= 11 is 0. The number of halogens is 1. The topological polar surface area (TPSA) is 79.6 Å². The van der Waals surface area contributed by atoms with E-state index in [0.29, 0.717) is 0 Å². The van der Waals surface area contributed by atoms with Crippen LogP contribution in [-0.2, 0) is 4.79 Å². The second-order valence-electron chi connectivity index (χ2n) is 0.606. The Kier molecular flexibility index (Phi) is 20.9. The number of quaternary nitrogens is 1. The number of rotatable bonds is 1. The fraction of sp³-hybridized carbons (Fsp3) is 0. The maximum atomic E-state index is 9.47. The lowest BCUT2D eigenvalue weighted by molar-refractivity contribution is -0.113. The van der Waals surface area contributed by atoms with Gasteiger partial charge in [-0.3, -0.25) is 4.79 Å². The molecule has 0 aliphatic rings. The molecule has 0 saturated carbocycles. The second kappa shape index (κ2) is 9.17. The van der Waals surface area contributed by atoms with Crippen molar-refractivity contribution >= 4 is 5.91 Å². The molecule has 0 aliphatic carbocycles. The standard InChI is InChI=1S/C3H5NO.BrH.H3N/c1-2-3(4)5;;/h2H,1H2,(H2,4,5);1H;1H3. The van der Waals surface area contributed by atoms with Crippen LogP contribution in [0.15, 0.2) is 12.7 Å². The first-order valence-corrected chi connectivity index (χ1v) is 1.19. The van der Waals surface area contributed by atoms with Crippen LogP contribution in [0.2, 0.25) is 0 Å². The van der Waals surface area contributed by atoms with Crippen molar-refractivity contribution in [1.82, 2.24) is 6.15 Å². The van der Waals surface area contributed by atoms with Crippen molar-refractivity contribution in [1.29, 1.82) is 0 Å². The van der Waals surface area contributed by atoms with E-state index in [-0.39, 0.29) is 23.1 Å². The summed E-state index contributed by atoms with van der Waals surface area (Å²) in [5.74, 6) is -0.481. The van der Waals surface area contributed by atoms with E-state index < -0.39 is 5.91 Å². The molecule has 0 aromatic carbocycles. The van der Waals surface area contributed by atoms with Crippen LogP contribution < -0.4 is 28.9 Å². The van der Waals surface area contributed by atoms with Gasteiger partial charge in [0, 0.05) is 0 Å². The Labute approximate surface area is 52.9 Å². The number of primary amides is 1. The SMILES string of the molecule is C=CC(N)=O.[Br-].[NH4+]. The van der Waals surface area contributed by atoms with Gasteiger partial charge in [0.1, 0.15) is 0 Å². The van der Waals surface area contributed by atoms with Gasteiger partial charge in [-0.25, -0.2) is 0 Å². The maximum Gasteiger partial charge on any atom is 0.240 e. The molecule has 0 fully saturated rings. The molecule has 0 radical (unpaired) electrons. The molecule has 0 unspecified atom stereocenters. The Morgan fingerprint density at radius 3 is 1.86 bits per heavy atom. The molecule has 0 saturated heterocycles. The lowest BCUT2D eigenvalue weighted by Crippen LogP contribution is -3.00. The summed E-state index contributed by atoms with van der Waals surface area (Å²) in [6, 6.07) is 0. The van der Waals surface area contributed by atoms with Gasteiger partial charge in [-0.2, -0.15) is 0 Å². The quantitative estimate of drug-likeness (QED) is 0.404. The molecule has 0 bridgehead atoms. The highest BCUT2D eigenvalue weighted by atomic mass is 79.9. The minimum atomic E-state index is -0.481. The molecule has 6 N–H and O–H groups in total. The Hall–Kier alpha value is -0.350. The molecule has 0 aliphatic heterocycles. The number of hydrogen-bond acceptors (Lipinski definition) is 1. The molecule has 0 aromatic heterocycles. The number of nitrogens with two attached hydrogens (primary N) is 1. The molecule has 7 heavy (non-hydrogen) atoms. The molecule has 1 amide bonds. The first-order valence-electron chi connectivity index (χ1n) is 1.19. The van der Waals surface area contributed by atoms with E-state index in [1.54, 1.807) is 0 Å². The zero-order chi connectivity index (χ0) is 4.28. The zero-order valence-electron chi connectivity index (χ0n) is 4.15. The van der Waals surface area contributed by atoms with Gasteiger partial charge in [0.2, 0.25) is 5.91 Å². The molecular formula is C3H9BrN2O. The van der Waals surface area contributed by atoms with Gasteiger partial charge in [-0.05, 0) is 6.08 Å². The van der Waals surface area contributed by atoms with Gasteiger partial charge in [-0.15, -0.1) is 0 Å². The predicted octanol–water partition coefficient (Wildman–Crippen LogP) is -2.96. The highest BCUT2D eigenvalue weighted by molar-refractivity contribution is 5.84. The van der Waals surface area contributed by atoms with E-state index in [4.69, 9.17) is 0 Å². The molecular weight excluding hydrogens is 160 g/mol. The van der Waals surface area contributed by atoms with Crippen LogP contribution >= 0.6 is 0 Å². The molecule has 0 aromatic rings. The molecule has 0 atom stereocenters. The Balaban J connectivity index is -0.0000000800. The lowest BCUT2D eigenvalue weighted by atomic mass is 10.6. The minimum Gasteiger partial charge on any atom is -1.00 e. The summed E-state index contributed by atoms with van der Waals surface area (Å²) in [6.45, 7) is 3.09. The summed E-state index contributed by atoms with van der Waals surface area (Å²) < 4.78 is 0. The molecule has 0 spiro atoms. The number of amides is 1. The minimum absolute atomic E-state index is 0. The average Bonchev–Trinajstić information content (AvgIpc) is 1.38. The van der Waals surface area contributed by atoms with E-state index >= 15 is 0 Å². The van der Waals surface area contributed by atoms with Crippen molar-refractivity contribution in [3.05, 3.63) is 12.7 Å². The number of carbonyl (C=O) groups excluding carboxylic acids is 1. The van der Waals surface area contributed by atoms with E-state index in [1.807, 2.05) is 0 Å². The number of carbonyl (C=O) groups is 1. The van der Waals surface area contributed by atoms with Gasteiger partial charge < -0.3 is 28.9 Å².